The van der Waals surface area contributed by atoms with Crippen LogP contribution in [0.4, 0.5) is 5.82 Å². The van der Waals surface area contributed by atoms with E-state index in [1.54, 1.807) is 0 Å². The molecule has 0 aromatic carbocycles. The van der Waals surface area contributed by atoms with E-state index in [4.69, 9.17) is 16.7 Å². The van der Waals surface area contributed by atoms with Gasteiger partial charge in [-0.05, 0) is 45.0 Å². The molecule has 1 aliphatic rings. The van der Waals surface area contributed by atoms with Crippen molar-refractivity contribution in [2.45, 2.75) is 25.8 Å². The maximum absolute atomic E-state index is 10.9. The number of aromatic nitrogens is 1. The topological polar surface area (TPSA) is 65.5 Å². The largest absolute Gasteiger partial charge is 0.478 e. The summed E-state index contributed by atoms with van der Waals surface area (Å²) in [7, 11) is 0. The summed E-state index contributed by atoms with van der Waals surface area (Å²) in [5, 5.41) is 12.3. The van der Waals surface area contributed by atoms with Crippen LogP contribution in [0.3, 0.4) is 0 Å². The Morgan fingerprint density at radius 3 is 2.84 bits per heavy atom. The maximum atomic E-state index is 10.9. The molecule has 0 radical (unpaired) electrons. The van der Waals surface area contributed by atoms with Crippen LogP contribution in [0.2, 0.25) is 5.15 Å². The van der Waals surface area contributed by atoms with Gasteiger partial charge in [0, 0.05) is 12.6 Å². The minimum atomic E-state index is -1.00. The fourth-order valence-electron chi connectivity index (χ4n) is 2.27. The summed E-state index contributed by atoms with van der Waals surface area (Å²) in [5.74, 6) is -0.490. The predicted octanol–water partition coefficient (Wildman–Crippen LogP) is 2.33. The van der Waals surface area contributed by atoms with Crippen LogP contribution in [0, 0.1) is 0 Å². The highest BCUT2D eigenvalue weighted by atomic mass is 35.5. The summed E-state index contributed by atoms with van der Waals surface area (Å²) in [4.78, 5) is 17.4. The molecule has 0 bridgehead atoms. The molecule has 1 aliphatic heterocycles. The van der Waals surface area contributed by atoms with Gasteiger partial charge in [-0.25, -0.2) is 9.78 Å². The van der Waals surface area contributed by atoms with E-state index in [2.05, 4.69) is 22.1 Å². The Hall–Kier alpha value is -1.33. The molecule has 1 saturated heterocycles. The first-order valence-corrected chi connectivity index (χ1v) is 6.83. The van der Waals surface area contributed by atoms with Gasteiger partial charge in [-0.15, -0.1) is 0 Å². The molecule has 2 rings (SSSR count). The number of hydrogen-bond donors (Lipinski definition) is 2. The predicted molar refractivity (Wildman–Crippen MR) is 75.0 cm³/mol. The van der Waals surface area contributed by atoms with Crippen LogP contribution >= 0.6 is 11.6 Å². The van der Waals surface area contributed by atoms with Gasteiger partial charge >= 0.3 is 5.97 Å². The summed E-state index contributed by atoms with van der Waals surface area (Å²) >= 11 is 5.81. The lowest BCUT2D eigenvalue weighted by Gasteiger charge is -2.24. The van der Waals surface area contributed by atoms with Crippen LogP contribution in [-0.2, 0) is 0 Å². The fraction of sp³-hybridized carbons (Fsp3) is 0.538. The average molecular weight is 284 g/mol. The lowest BCUT2D eigenvalue weighted by atomic mass is 10.2. The van der Waals surface area contributed by atoms with Gasteiger partial charge in [0.05, 0.1) is 5.56 Å². The number of nitrogens with one attached hydrogen (secondary N) is 1. The summed E-state index contributed by atoms with van der Waals surface area (Å²) < 4.78 is 0. The molecule has 1 aromatic rings. The zero-order chi connectivity index (χ0) is 13.8. The molecule has 1 unspecified atom stereocenters. The highest BCUT2D eigenvalue weighted by Crippen LogP contribution is 2.16. The van der Waals surface area contributed by atoms with Gasteiger partial charge in [-0.2, -0.15) is 0 Å². The highest BCUT2D eigenvalue weighted by Gasteiger charge is 2.18. The third kappa shape index (κ3) is 3.81. The Morgan fingerprint density at radius 1 is 1.53 bits per heavy atom. The lowest BCUT2D eigenvalue weighted by Crippen LogP contribution is -2.35. The molecule has 104 valence electrons. The lowest BCUT2D eigenvalue weighted by molar-refractivity contribution is 0.0697. The number of hydrogen-bond acceptors (Lipinski definition) is 4. The SMILES string of the molecule is CC(CNc1cc(C(=O)O)cc(Cl)n1)N1CCCC1. The maximum Gasteiger partial charge on any atom is 0.335 e. The Balaban J connectivity index is 1.96. The number of rotatable bonds is 5. The van der Waals surface area contributed by atoms with E-state index in [9.17, 15) is 4.79 Å². The van der Waals surface area contributed by atoms with Gasteiger partial charge in [0.2, 0.25) is 0 Å². The number of pyridine rings is 1. The molecule has 1 atom stereocenters. The first kappa shape index (κ1) is 14.1. The van der Waals surface area contributed by atoms with Crippen LogP contribution in [0.15, 0.2) is 12.1 Å². The van der Waals surface area contributed by atoms with Gasteiger partial charge in [0.25, 0.3) is 0 Å². The van der Waals surface area contributed by atoms with E-state index in [0.717, 1.165) is 19.6 Å². The minimum absolute atomic E-state index is 0.149. The summed E-state index contributed by atoms with van der Waals surface area (Å²) in [6, 6.07) is 3.25. The molecular formula is C13H18ClN3O2. The number of anilines is 1. The average Bonchev–Trinajstić information content (AvgIpc) is 2.89. The number of likely N-dealkylation sites (tertiary alicyclic amines) is 1. The Labute approximate surface area is 117 Å². The van der Waals surface area contributed by atoms with Crippen LogP contribution in [0.25, 0.3) is 0 Å². The Bertz CT molecular complexity index is 461. The van der Waals surface area contributed by atoms with Crippen molar-refractivity contribution in [2.75, 3.05) is 25.0 Å². The van der Waals surface area contributed by atoms with Crippen molar-refractivity contribution < 1.29 is 9.90 Å². The summed E-state index contributed by atoms with van der Waals surface area (Å²) in [5.41, 5.74) is 0.149. The van der Waals surface area contributed by atoms with Crippen molar-refractivity contribution >= 4 is 23.4 Å². The fourth-order valence-corrected chi connectivity index (χ4v) is 2.48. The van der Waals surface area contributed by atoms with Gasteiger partial charge < -0.3 is 10.4 Å². The van der Waals surface area contributed by atoms with E-state index in [1.165, 1.54) is 25.0 Å². The molecule has 0 saturated carbocycles. The summed E-state index contributed by atoms with van der Waals surface area (Å²) in [6.45, 7) is 5.14. The molecule has 6 heteroatoms. The first-order valence-electron chi connectivity index (χ1n) is 6.45. The van der Waals surface area contributed by atoms with Crippen molar-refractivity contribution in [2.24, 2.45) is 0 Å². The number of carboxylic acids is 1. The number of halogens is 1. The van der Waals surface area contributed by atoms with E-state index < -0.39 is 5.97 Å². The summed E-state index contributed by atoms with van der Waals surface area (Å²) in [6.07, 6.45) is 2.51. The zero-order valence-corrected chi connectivity index (χ0v) is 11.7. The second-order valence-electron chi connectivity index (χ2n) is 4.84. The molecule has 5 nitrogen and oxygen atoms in total. The van der Waals surface area contributed by atoms with Crippen LogP contribution in [0.5, 0.6) is 0 Å². The van der Waals surface area contributed by atoms with Crippen LogP contribution < -0.4 is 5.32 Å². The van der Waals surface area contributed by atoms with Gasteiger partial charge in [-0.3, -0.25) is 4.90 Å². The van der Waals surface area contributed by atoms with Crippen LogP contribution in [0.1, 0.15) is 30.1 Å². The third-order valence-corrected chi connectivity index (χ3v) is 3.58. The quantitative estimate of drug-likeness (QED) is 0.812. The standard InChI is InChI=1S/C13H18ClN3O2/c1-9(17-4-2-3-5-17)8-15-12-7-10(13(18)19)6-11(14)16-12/h6-7,9H,2-5,8H2,1H3,(H,15,16)(H,18,19). The van der Waals surface area contributed by atoms with E-state index in [1.807, 2.05) is 0 Å². The van der Waals surface area contributed by atoms with E-state index in [0.29, 0.717) is 11.9 Å². The van der Waals surface area contributed by atoms with Crippen molar-refractivity contribution in [3.8, 4) is 0 Å². The zero-order valence-electron chi connectivity index (χ0n) is 10.9. The number of carbonyl (C=O) groups is 1. The van der Waals surface area contributed by atoms with Gasteiger partial charge in [0.15, 0.2) is 0 Å². The van der Waals surface area contributed by atoms with Gasteiger partial charge in [0.1, 0.15) is 11.0 Å². The molecule has 19 heavy (non-hydrogen) atoms. The Kier molecular flexibility index (Phi) is 4.61. The van der Waals surface area contributed by atoms with Crippen molar-refractivity contribution in [1.82, 2.24) is 9.88 Å². The smallest absolute Gasteiger partial charge is 0.335 e. The number of carboxylic acid groups (broad SMARTS) is 1. The first-order chi connectivity index (χ1) is 9.06. The third-order valence-electron chi connectivity index (χ3n) is 3.38. The van der Waals surface area contributed by atoms with Crippen molar-refractivity contribution in [3.05, 3.63) is 22.8 Å². The molecular weight excluding hydrogens is 266 g/mol. The highest BCUT2D eigenvalue weighted by molar-refractivity contribution is 6.29. The minimum Gasteiger partial charge on any atom is -0.478 e. The number of nitrogens with zero attached hydrogens (tertiary/aromatic N) is 2. The second kappa shape index (κ2) is 6.21. The van der Waals surface area contributed by atoms with E-state index in [-0.39, 0.29) is 10.7 Å². The molecule has 0 amide bonds. The van der Waals surface area contributed by atoms with Crippen molar-refractivity contribution in [1.29, 1.82) is 0 Å². The van der Waals surface area contributed by atoms with Crippen molar-refractivity contribution in [3.63, 3.8) is 0 Å². The second-order valence-corrected chi connectivity index (χ2v) is 5.23. The molecule has 2 heterocycles. The molecule has 1 fully saturated rings. The molecule has 0 spiro atoms. The molecule has 0 aliphatic carbocycles. The normalized spacial score (nSPS) is 17.4. The van der Waals surface area contributed by atoms with E-state index >= 15 is 0 Å². The molecule has 1 aromatic heterocycles. The molecule has 2 N–H and O–H groups in total. The Morgan fingerprint density at radius 2 is 2.21 bits per heavy atom. The number of aromatic carboxylic acids is 1. The monoisotopic (exact) mass is 283 g/mol. The van der Waals surface area contributed by atoms with Crippen LogP contribution in [-0.4, -0.2) is 46.6 Å². The van der Waals surface area contributed by atoms with Gasteiger partial charge in [-0.1, -0.05) is 11.6 Å².